The van der Waals surface area contributed by atoms with Gasteiger partial charge in [-0.1, -0.05) is 6.42 Å². The molecule has 0 aliphatic heterocycles. The fraction of sp³-hybridized carbons (Fsp3) is 0.636. The number of aryl methyl sites for hydroxylation is 1. The first-order chi connectivity index (χ1) is 7.72. The number of carbonyl (C=O) groups is 1. The highest BCUT2D eigenvalue weighted by Gasteiger charge is 1.99. The van der Waals surface area contributed by atoms with Gasteiger partial charge in [-0.2, -0.15) is 5.10 Å². The summed E-state index contributed by atoms with van der Waals surface area (Å²) < 4.78 is 6.33. The average molecular weight is 225 g/mol. The summed E-state index contributed by atoms with van der Waals surface area (Å²) in [5.74, 6) is -0.125. The van der Waals surface area contributed by atoms with Crippen molar-refractivity contribution in [1.29, 1.82) is 0 Å². The van der Waals surface area contributed by atoms with E-state index in [-0.39, 0.29) is 5.97 Å². The topological polar surface area (TPSA) is 56.1 Å². The van der Waals surface area contributed by atoms with Crippen LogP contribution in [0.3, 0.4) is 0 Å². The fourth-order valence-electron chi connectivity index (χ4n) is 1.42. The summed E-state index contributed by atoms with van der Waals surface area (Å²) in [6.45, 7) is 0.910. The molecule has 1 rings (SSSR count). The Morgan fingerprint density at radius 1 is 1.50 bits per heavy atom. The van der Waals surface area contributed by atoms with Crippen molar-refractivity contribution in [2.45, 2.75) is 25.7 Å². The minimum absolute atomic E-state index is 0.125. The van der Waals surface area contributed by atoms with Crippen molar-refractivity contribution >= 4 is 11.7 Å². The van der Waals surface area contributed by atoms with E-state index >= 15 is 0 Å². The summed E-state index contributed by atoms with van der Waals surface area (Å²) in [6, 6.07) is 0. The zero-order valence-corrected chi connectivity index (χ0v) is 9.90. The highest BCUT2D eigenvalue weighted by atomic mass is 16.5. The maximum absolute atomic E-state index is 10.8. The Kier molecular flexibility index (Phi) is 5.39. The van der Waals surface area contributed by atoms with Crippen LogP contribution in [0.4, 0.5) is 5.69 Å². The number of carbonyl (C=O) groups excluding carboxylic acids is 1. The molecule has 0 unspecified atom stereocenters. The number of rotatable bonds is 7. The molecule has 0 bridgehead atoms. The van der Waals surface area contributed by atoms with Crippen molar-refractivity contribution in [3.8, 4) is 0 Å². The van der Waals surface area contributed by atoms with Crippen molar-refractivity contribution in [3.63, 3.8) is 0 Å². The Bertz CT molecular complexity index is 323. The van der Waals surface area contributed by atoms with Gasteiger partial charge < -0.3 is 10.1 Å². The summed E-state index contributed by atoms with van der Waals surface area (Å²) in [5.41, 5.74) is 1.04. The monoisotopic (exact) mass is 225 g/mol. The van der Waals surface area contributed by atoms with Gasteiger partial charge in [0.1, 0.15) is 0 Å². The zero-order valence-electron chi connectivity index (χ0n) is 9.90. The molecule has 5 heteroatoms. The van der Waals surface area contributed by atoms with E-state index < -0.39 is 0 Å². The van der Waals surface area contributed by atoms with Crippen LogP contribution < -0.4 is 5.32 Å². The first kappa shape index (κ1) is 12.5. The van der Waals surface area contributed by atoms with E-state index in [4.69, 9.17) is 0 Å². The number of hydrogen-bond donors (Lipinski definition) is 1. The lowest BCUT2D eigenvalue weighted by molar-refractivity contribution is -0.140. The Morgan fingerprint density at radius 3 is 2.94 bits per heavy atom. The standard InChI is InChI=1S/C11H19N3O2/c1-14-9-10(8-13-14)12-7-5-3-4-6-11(15)16-2/h8-9,12H,3-7H2,1-2H3. The number of esters is 1. The summed E-state index contributed by atoms with van der Waals surface area (Å²) in [7, 11) is 3.31. The van der Waals surface area contributed by atoms with E-state index in [1.807, 2.05) is 13.2 Å². The largest absolute Gasteiger partial charge is 0.469 e. The Hall–Kier alpha value is -1.52. The minimum Gasteiger partial charge on any atom is -0.469 e. The fourth-order valence-corrected chi connectivity index (χ4v) is 1.42. The molecule has 90 valence electrons. The van der Waals surface area contributed by atoms with Gasteiger partial charge in [0.05, 0.1) is 19.0 Å². The van der Waals surface area contributed by atoms with Crippen LogP contribution in [0, 0.1) is 0 Å². The number of hydrogen-bond acceptors (Lipinski definition) is 4. The number of nitrogens with one attached hydrogen (secondary N) is 1. The van der Waals surface area contributed by atoms with Crippen LogP contribution in [0.15, 0.2) is 12.4 Å². The third-order valence-electron chi connectivity index (χ3n) is 2.32. The van der Waals surface area contributed by atoms with Crippen molar-refractivity contribution in [2.24, 2.45) is 7.05 Å². The van der Waals surface area contributed by atoms with Crippen molar-refractivity contribution in [3.05, 3.63) is 12.4 Å². The number of anilines is 1. The van der Waals surface area contributed by atoms with Gasteiger partial charge >= 0.3 is 5.97 Å². The van der Waals surface area contributed by atoms with Crippen molar-refractivity contribution < 1.29 is 9.53 Å². The number of unbranched alkanes of at least 4 members (excludes halogenated alkanes) is 2. The average Bonchev–Trinajstić information content (AvgIpc) is 2.69. The van der Waals surface area contributed by atoms with Crippen LogP contribution in [0.25, 0.3) is 0 Å². The molecule has 0 aliphatic carbocycles. The summed E-state index contributed by atoms with van der Waals surface area (Å²) in [5, 5.41) is 7.33. The first-order valence-electron chi connectivity index (χ1n) is 5.51. The Labute approximate surface area is 95.8 Å². The molecule has 1 N–H and O–H groups in total. The van der Waals surface area contributed by atoms with Crippen LogP contribution in [0.2, 0.25) is 0 Å². The first-order valence-corrected chi connectivity index (χ1v) is 5.51. The predicted octanol–water partition coefficient (Wildman–Crippen LogP) is 1.57. The van der Waals surface area contributed by atoms with Crippen LogP contribution in [0.1, 0.15) is 25.7 Å². The van der Waals surface area contributed by atoms with E-state index in [0.29, 0.717) is 6.42 Å². The minimum atomic E-state index is -0.125. The Morgan fingerprint density at radius 2 is 2.31 bits per heavy atom. The van der Waals surface area contributed by atoms with E-state index in [2.05, 4.69) is 15.2 Å². The molecule has 16 heavy (non-hydrogen) atoms. The van der Waals surface area contributed by atoms with Crippen LogP contribution in [-0.4, -0.2) is 29.4 Å². The molecule has 0 amide bonds. The van der Waals surface area contributed by atoms with Crippen LogP contribution >= 0.6 is 0 Å². The normalized spacial score (nSPS) is 10.1. The molecule has 0 fully saturated rings. The zero-order chi connectivity index (χ0) is 11.8. The number of methoxy groups -OCH3 is 1. The molecule has 1 aromatic heterocycles. The molecule has 5 nitrogen and oxygen atoms in total. The van der Waals surface area contributed by atoms with Crippen LogP contribution in [-0.2, 0) is 16.6 Å². The van der Waals surface area contributed by atoms with Gasteiger partial charge in [0, 0.05) is 26.2 Å². The second-order valence-corrected chi connectivity index (χ2v) is 3.72. The van der Waals surface area contributed by atoms with E-state index in [9.17, 15) is 4.79 Å². The number of ether oxygens (including phenoxy) is 1. The second kappa shape index (κ2) is 6.87. The third-order valence-corrected chi connectivity index (χ3v) is 2.32. The quantitative estimate of drug-likeness (QED) is 0.565. The van der Waals surface area contributed by atoms with Crippen molar-refractivity contribution in [2.75, 3.05) is 19.0 Å². The lowest BCUT2D eigenvalue weighted by atomic mass is 10.2. The highest BCUT2D eigenvalue weighted by molar-refractivity contribution is 5.68. The van der Waals surface area contributed by atoms with Gasteiger partial charge in [-0.3, -0.25) is 9.48 Å². The molecule has 0 aliphatic rings. The molecular weight excluding hydrogens is 206 g/mol. The third kappa shape index (κ3) is 4.82. The molecule has 1 aromatic rings. The maximum atomic E-state index is 10.8. The molecule has 0 spiro atoms. The summed E-state index contributed by atoms with van der Waals surface area (Å²) in [4.78, 5) is 10.8. The maximum Gasteiger partial charge on any atom is 0.305 e. The lowest BCUT2D eigenvalue weighted by Crippen LogP contribution is -2.02. The van der Waals surface area contributed by atoms with Gasteiger partial charge in [0.2, 0.25) is 0 Å². The van der Waals surface area contributed by atoms with E-state index in [1.54, 1.807) is 10.9 Å². The van der Waals surface area contributed by atoms with E-state index in [0.717, 1.165) is 31.5 Å². The SMILES string of the molecule is COC(=O)CCCCCNc1cnn(C)c1. The smallest absolute Gasteiger partial charge is 0.305 e. The molecule has 1 heterocycles. The highest BCUT2D eigenvalue weighted by Crippen LogP contribution is 2.05. The number of nitrogens with zero attached hydrogens (tertiary/aromatic N) is 2. The van der Waals surface area contributed by atoms with Gasteiger partial charge in [-0.05, 0) is 12.8 Å². The molecule has 0 saturated heterocycles. The van der Waals surface area contributed by atoms with Gasteiger partial charge in [-0.25, -0.2) is 0 Å². The number of aromatic nitrogens is 2. The van der Waals surface area contributed by atoms with Crippen molar-refractivity contribution in [1.82, 2.24) is 9.78 Å². The molecule has 0 radical (unpaired) electrons. The molecular formula is C11H19N3O2. The second-order valence-electron chi connectivity index (χ2n) is 3.72. The van der Waals surface area contributed by atoms with Gasteiger partial charge in [-0.15, -0.1) is 0 Å². The van der Waals surface area contributed by atoms with Crippen LogP contribution in [0.5, 0.6) is 0 Å². The van der Waals surface area contributed by atoms with Gasteiger partial charge in [0.15, 0.2) is 0 Å². The Balaban J connectivity index is 1.98. The predicted molar refractivity (Wildman–Crippen MR) is 62.2 cm³/mol. The van der Waals surface area contributed by atoms with Gasteiger partial charge in [0.25, 0.3) is 0 Å². The van der Waals surface area contributed by atoms with E-state index in [1.165, 1.54) is 7.11 Å². The lowest BCUT2D eigenvalue weighted by Gasteiger charge is -2.02. The molecule has 0 atom stereocenters. The summed E-state index contributed by atoms with van der Waals surface area (Å²) >= 11 is 0. The molecule has 0 aromatic carbocycles. The summed E-state index contributed by atoms with van der Waals surface area (Å²) in [6.07, 6.45) is 7.22. The molecule has 0 saturated carbocycles.